The summed E-state index contributed by atoms with van der Waals surface area (Å²) in [5, 5.41) is 12.4. The number of hydrogen-bond donors (Lipinski definition) is 3. The van der Waals surface area contributed by atoms with Gasteiger partial charge in [-0.2, -0.15) is 12.6 Å². The molecule has 2 aromatic carbocycles. The molecule has 0 saturated heterocycles. The number of thiol groups is 1. The van der Waals surface area contributed by atoms with Crippen molar-refractivity contribution < 1.29 is 19.1 Å². The van der Waals surface area contributed by atoms with Crippen LogP contribution in [-0.4, -0.2) is 22.7 Å². The molecule has 1 heterocycles. The highest BCUT2D eigenvalue weighted by atomic mass is 32.1. The van der Waals surface area contributed by atoms with Gasteiger partial charge < -0.3 is 14.8 Å². The van der Waals surface area contributed by atoms with Crippen molar-refractivity contribution in [2.75, 3.05) is 5.75 Å². The van der Waals surface area contributed by atoms with E-state index in [1.54, 1.807) is 6.07 Å². The second kappa shape index (κ2) is 10.7. The summed E-state index contributed by atoms with van der Waals surface area (Å²) in [4.78, 5) is 24.7. The fourth-order valence-corrected chi connectivity index (χ4v) is 3.70. The Morgan fingerprint density at radius 3 is 2.20 bits per heavy atom. The van der Waals surface area contributed by atoms with Gasteiger partial charge in [-0.05, 0) is 30.0 Å². The maximum absolute atomic E-state index is 12.8. The number of furan rings is 1. The molecule has 0 aliphatic rings. The molecule has 0 aliphatic carbocycles. The SMILES string of the molecule is O=C(NC(C(=O)O)c1occc1Cc1ccccc1)C(CS)CCc1ccccc1. The zero-order valence-electron chi connectivity index (χ0n) is 16.5. The standard InChI is InChI=1S/C24H25NO4S/c26-23(20(16-30)12-11-17-7-3-1-4-8-17)25-21(24(27)28)22-19(13-14-29-22)15-18-9-5-2-6-10-18/h1-10,13-14,20-21,30H,11-12,15-16H2,(H,25,26)(H,27,28). The number of carbonyl (C=O) groups excluding carboxylic acids is 1. The third-order valence-electron chi connectivity index (χ3n) is 5.03. The first-order valence-electron chi connectivity index (χ1n) is 9.86. The molecule has 0 radical (unpaired) electrons. The molecule has 2 unspecified atom stereocenters. The molecule has 5 nitrogen and oxygen atoms in total. The summed E-state index contributed by atoms with van der Waals surface area (Å²) in [5.41, 5.74) is 2.90. The Kier molecular flexibility index (Phi) is 7.74. The number of aryl methyl sites for hydroxylation is 1. The third kappa shape index (κ3) is 5.76. The Bertz CT molecular complexity index is 956. The Morgan fingerprint density at radius 1 is 0.967 bits per heavy atom. The van der Waals surface area contributed by atoms with Gasteiger partial charge >= 0.3 is 5.97 Å². The van der Waals surface area contributed by atoms with Crippen molar-refractivity contribution in [1.82, 2.24) is 5.32 Å². The number of benzene rings is 2. The predicted octanol–water partition coefficient (Wildman–Crippen LogP) is 4.29. The summed E-state index contributed by atoms with van der Waals surface area (Å²) in [6.45, 7) is 0. The summed E-state index contributed by atoms with van der Waals surface area (Å²) in [6, 6.07) is 20.1. The van der Waals surface area contributed by atoms with Gasteiger partial charge in [0.25, 0.3) is 0 Å². The smallest absolute Gasteiger partial charge is 0.334 e. The van der Waals surface area contributed by atoms with Crippen LogP contribution in [0.5, 0.6) is 0 Å². The Labute approximate surface area is 181 Å². The molecule has 156 valence electrons. The van der Waals surface area contributed by atoms with Crippen molar-refractivity contribution in [3.05, 3.63) is 95.4 Å². The Morgan fingerprint density at radius 2 is 1.60 bits per heavy atom. The molecule has 3 aromatic rings. The van der Waals surface area contributed by atoms with Gasteiger partial charge in [-0.15, -0.1) is 0 Å². The van der Waals surface area contributed by atoms with E-state index in [4.69, 9.17) is 4.42 Å². The molecule has 1 amide bonds. The highest BCUT2D eigenvalue weighted by molar-refractivity contribution is 7.80. The lowest BCUT2D eigenvalue weighted by Gasteiger charge is -2.19. The second-order valence-electron chi connectivity index (χ2n) is 7.16. The molecule has 2 N–H and O–H groups in total. The van der Waals surface area contributed by atoms with E-state index in [0.29, 0.717) is 18.6 Å². The number of carbonyl (C=O) groups is 2. The lowest BCUT2D eigenvalue weighted by molar-refractivity contribution is -0.143. The van der Waals surface area contributed by atoms with E-state index in [2.05, 4.69) is 17.9 Å². The number of amides is 1. The van der Waals surface area contributed by atoms with E-state index < -0.39 is 17.9 Å². The lowest BCUT2D eigenvalue weighted by Crippen LogP contribution is -2.38. The van der Waals surface area contributed by atoms with Crippen molar-refractivity contribution in [3.63, 3.8) is 0 Å². The van der Waals surface area contributed by atoms with Crippen molar-refractivity contribution in [3.8, 4) is 0 Å². The summed E-state index contributed by atoms with van der Waals surface area (Å²) < 4.78 is 5.49. The Hall–Kier alpha value is -2.99. The quantitative estimate of drug-likeness (QED) is 0.425. The van der Waals surface area contributed by atoms with Crippen molar-refractivity contribution in [2.24, 2.45) is 5.92 Å². The van der Waals surface area contributed by atoms with Crippen LogP contribution in [0.1, 0.15) is 34.9 Å². The van der Waals surface area contributed by atoms with E-state index in [1.165, 1.54) is 6.26 Å². The zero-order valence-corrected chi connectivity index (χ0v) is 17.4. The van der Waals surface area contributed by atoms with E-state index >= 15 is 0 Å². The van der Waals surface area contributed by atoms with Gasteiger partial charge in [0.2, 0.25) is 5.91 Å². The molecule has 0 bridgehead atoms. The number of hydrogen-bond acceptors (Lipinski definition) is 4. The van der Waals surface area contributed by atoms with Crippen LogP contribution in [0.2, 0.25) is 0 Å². The van der Waals surface area contributed by atoms with Gasteiger partial charge in [-0.25, -0.2) is 4.79 Å². The van der Waals surface area contributed by atoms with Crippen molar-refractivity contribution in [1.29, 1.82) is 0 Å². The van der Waals surface area contributed by atoms with Crippen LogP contribution in [0, 0.1) is 5.92 Å². The van der Waals surface area contributed by atoms with Gasteiger partial charge in [0.1, 0.15) is 5.76 Å². The zero-order chi connectivity index (χ0) is 21.3. The molecule has 2 atom stereocenters. The number of carboxylic acids is 1. The molecule has 1 aromatic heterocycles. The fraction of sp³-hybridized carbons (Fsp3) is 0.250. The van der Waals surface area contributed by atoms with E-state index in [1.807, 2.05) is 60.7 Å². The minimum absolute atomic E-state index is 0.251. The summed E-state index contributed by atoms with van der Waals surface area (Å²) >= 11 is 4.31. The molecule has 0 aliphatic heterocycles. The minimum atomic E-state index is -1.25. The third-order valence-corrected chi connectivity index (χ3v) is 5.47. The monoisotopic (exact) mass is 423 g/mol. The van der Waals surface area contributed by atoms with Crippen LogP contribution in [0.15, 0.2) is 77.4 Å². The molecule has 3 rings (SSSR count). The minimum Gasteiger partial charge on any atom is -0.479 e. The molecule has 0 saturated carbocycles. The fourth-order valence-electron chi connectivity index (χ4n) is 3.35. The number of aliphatic carboxylic acids is 1. The molecule has 0 fully saturated rings. The second-order valence-corrected chi connectivity index (χ2v) is 7.52. The molecule has 0 spiro atoms. The molecule has 30 heavy (non-hydrogen) atoms. The van der Waals surface area contributed by atoms with Crippen LogP contribution in [-0.2, 0) is 22.4 Å². The largest absolute Gasteiger partial charge is 0.479 e. The average molecular weight is 424 g/mol. The van der Waals surface area contributed by atoms with Crippen LogP contribution < -0.4 is 5.32 Å². The maximum Gasteiger partial charge on any atom is 0.334 e. The van der Waals surface area contributed by atoms with Gasteiger partial charge in [-0.1, -0.05) is 60.7 Å². The van der Waals surface area contributed by atoms with E-state index in [0.717, 1.165) is 23.1 Å². The van der Waals surface area contributed by atoms with Crippen LogP contribution in [0.4, 0.5) is 0 Å². The average Bonchev–Trinajstić information content (AvgIpc) is 3.21. The lowest BCUT2D eigenvalue weighted by atomic mass is 9.98. The Balaban J connectivity index is 1.70. The first-order valence-corrected chi connectivity index (χ1v) is 10.5. The van der Waals surface area contributed by atoms with Crippen molar-refractivity contribution >= 4 is 24.5 Å². The first-order chi connectivity index (χ1) is 14.6. The van der Waals surface area contributed by atoms with E-state index in [9.17, 15) is 14.7 Å². The molecular formula is C24H25NO4S. The van der Waals surface area contributed by atoms with Gasteiger partial charge in [0.15, 0.2) is 6.04 Å². The molecule has 6 heteroatoms. The maximum atomic E-state index is 12.8. The number of rotatable bonds is 10. The number of carboxylic acid groups (broad SMARTS) is 1. The number of nitrogens with one attached hydrogen (secondary N) is 1. The predicted molar refractivity (Wildman–Crippen MR) is 119 cm³/mol. The van der Waals surface area contributed by atoms with Crippen molar-refractivity contribution in [2.45, 2.75) is 25.3 Å². The highest BCUT2D eigenvalue weighted by Gasteiger charge is 2.30. The van der Waals surface area contributed by atoms with Gasteiger partial charge in [-0.3, -0.25) is 4.79 Å². The van der Waals surface area contributed by atoms with Crippen LogP contribution >= 0.6 is 12.6 Å². The summed E-state index contributed by atoms with van der Waals surface area (Å²) in [5.74, 6) is -1.31. The van der Waals surface area contributed by atoms with Gasteiger partial charge in [0.05, 0.1) is 6.26 Å². The normalized spacial score (nSPS) is 12.8. The topological polar surface area (TPSA) is 79.5 Å². The van der Waals surface area contributed by atoms with Crippen LogP contribution in [0.3, 0.4) is 0 Å². The molecular weight excluding hydrogens is 398 g/mol. The highest BCUT2D eigenvalue weighted by Crippen LogP contribution is 2.24. The van der Waals surface area contributed by atoms with Crippen LogP contribution in [0.25, 0.3) is 0 Å². The van der Waals surface area contributed by atoms with Gasteiger partial charge in [0, 0.05) is 23.7 Å². The summed E-state index contributed by atoms with van der Waals surface area (Å²) in [6.07, 6.45) is 3.29. The first kappa shape index (κ1) is 21.7. The summed E-state index contributed by atoms with van der Waals surface area (Å²) in [7, 11) is 0. The van der Waals surface area contributed by atoms with E-state index in [-0.39, 0.29) is 11.7 Å².